The van der Waals surface area contributed by atoms with Crippen molar-refractivity contribution in [1.29, 1.82) is 0 Å². The third-order valence-electron chi connectivity index (χ3n) is 3.06. The van der Waals surface area contributed by atoms with E-state index in [9.17, 15) is 9.59 Å². The SMILES string of the molecule is CC(C)(C)OC(=O)N1CCNCCN(C(=O)OC(C)(C)C)CC1. The Labute approximate surface area is 139 Å². The average molecular weight is 329 g/mol. The van der Waals surface area contributed by atoms with Crippen LogP contribution in [0.3, 0.4) is 0 Å². The molecule has 1 fully saturated rings. The molecule has 1 saturated heterocycles. The van der Waals surface area contributed by atoms with Crippen LogP contribution >= 0.6 is 0 Å². The van der Waals surface area contributed by atoms with Gasteiger partial charge in [-0.2, -0.15) is 0 Å². The van der Waals surface area contributed by atoms with Crippen LogP contribution in [0.5, 0.6) is 0 Å². The third kappa shape index (κ3) is 8.06. The predicted octanol–water partition coefficient (Wildman–Crippen LogP) is 2.06. The van der Waals surface area contributed by atoms with E-state index in [4.69, 9.17) is 9.47 Å². The molecule has 0 bridgehead atoms. The van der Waals surface area contributed by atoms with E-state index in [0.717, 1.165) is 0 Å². The summed E-state index contributed by atoms with van der Waals surface area (Å²) >= 11 is 0. The molecule has 2 amide bonds. The molecule has 1 aliphatic heterocycles. The first-order chi connectivity index (χ1) is 10.5. The maximum absolute atomic E-state index is 12.2. The van der Waals surface area contributed by atoms with Gasteiger partial charge in [0, 0.05) is 39.3 Å². The molecule has 0 atom stereocenters. The van der Waals surface area contributed by atoms with E-state index in [1.165, 1.54) is 0 Å². The summed E-state index contributed by atoms with van der Waals surface area (Å²) in [5.74, 6) is 0. The van der Waals surface area contributed by atoms with Crippen LogP contribution in [0.25, 0.3) is 0 Å². The van der Waals surface area contributed by atoms with Gasteiger partial charge in [-0.3, -0.25) is 0 Å². The number of hydrogen-bond donors (Lipinski definition) is 1. The lowest BCUT2D eigenvalue weighted by molar-refractivity contribution is 0.0154. The minimum Gasteiger partial charge on any atom is -0.444 e. The summed E-state index contributed by atoms with van der Waals surface area (Å²) < 4.78 is 10.8. The van der Waals surface area contributed by atoms with Crippen molar-refractivity contribution in [3.05, 3.63) is 0 Å². The van der Waals surface area contributed by atoms with Crippen LogP contribution in [0.15, 0.2) is 0 Å². The fourth-order valence-electron chi connectivity index (χ4n) is 2.04. The molecule has 7 heteroatoms. The van der Waals surface area contributed by atoms with Crippen LogP contribution < -0.4 is 5.32 Å². The molecular formula is C16H31N3O4. The van der Waals surface area contributed by atoms with Crippen LogP contribution in [0.2, 0.25) is 0 Å². The highest BCUT2D eigenvalue weighted by atomic mass is 16.6. The molecule has 7 nitrogen and oxygen atoms in total. The molecule has 0 aliphatic carbocycles. The van der Waals surface area contributed by atoms with Crippen molar-refractivity contribution >= 4 is 12.2 Å². The Morgan fingerprint density at radius 3 is 1.39 bits per heavy atom. The zero-order valence-electron chi connectivity index (χ0n) is 15.3. The van der Waals surface area contributed by atoms with E-state index in [0.29, 0.717) is 39.3 Å². The first-order valence-corrected chi connectivity index (χ1v) is 8.14. The Bertz CT molecular complexity index is 375. The number of carbonyl (C=O) groups excluding carboxylic acids is 2. The summed E-state index contributed by atoms with van der Waals surface area (Å²) in [6, 6.07) is 0. The Hall–Kier alpha value is -1.50. The van der Waals surface area contributed by atoms with Crippen LogP contribution in [0.1, 0.15) is 41.5 Å². The molecule has 134 valence electrons. The Morgan fingerprint density at radius 2 is 1.09 bits per heavy atom. The van der Waals surface area contributed by atoms with Gasteiger partial charge in [0.15, 0.2) is 0 Å². The van der Waals surface area contributed by atoms with Gasteiger partial charge >= 0.3 is 12.2 Å². The normalized spacial score (nSPS) is 17.8. The number of amides is 2. The van der Waals surface area contributed by atoms with Crippen molar-refractivity contribution in [2.45, 2.75) is 52.7 Å². The number of hydrogen-bond acceptors (Lipinski definition) is 5. The molecule has 0 spiro atoms. The number of nitrogens with one attached hydrogen (secondary N) is 1. The van der Waals surface area contributed by atoms with Crippen molar-refractivity contribution in [3.63, 3.8) is 0 Å². The molecular weight excluding hydrogens is 298 g/mol. The lowest BCUT2D eigenvalue weighted by Crippen LogP contribution is -2.44. The molecule has 0 aromatic rings. The van der Waals surface area contributed by atoms with E-state index < -0.39 is 11.2 Å². The lowest BCUT2D eigenvalue weighted by atomic mass is 10.2. The number of ether oxygens (including phenoxy) is 2. The molecule has 0 saturated carbocycles. The second kappa shape index (κ2) is 7.86. The Morgan fingerprint density at radius 1 is 0.739 bits per heavy atom. The van der Waals surface area contributed by atoms with E-state index in [2.05, 4.69) is 5.32 Å². The molecule has 1 heterocycles. The van der Waals surface area contributed by atoms with Gasteiger partial charge in [0.05, 0.1) is 0 Å². The minimum atomic E-state index is -0.534. The van der Waals surface area contributed by atoms with E-state index in [1.54, 1.807) is 9.80 Å². The molecule has 0 aromatic heterocycles. The van der Waals surface area contributed by atoms with Crippen LogP contribution in [0.4, 0.5) is 9.59 Å². The van der Waals surface area contributed by atoms with Gasteiger partial charge in [-0.05, 0) is 41.5 Å². The zero-order chi connectivity index (χ0) is 17.7. The quantitative estimate of drug-likeness (QED) is 0.736. The molecule has 1 N–H and O–H groups in total. The van der Waals surface area contributed by atoms with E-state index in [-0.39, 0.29) is 12.2 Å². The van der Waals surface area contributed by atoms with Crippen molar-refractivity contribution < 1.29 is 19.1 Å². The molecule has 0 radical (unpaired) electrons. The predicted molar refractivity (Wildman–Crippen MR) is 88.5 cm³/mol. The standard InChI is InChI=1S/C16H31N3O4/c1-15(2,3)22-13(20)18-9-7-17-8-10-19(12-11-18)14(21)23-16(4,5)6/h17H,7-12H2,1-6H3. The molecule has 1 aliphatic rings. The van der Waals surface area contributed by atoms with Gasteiger partial charge in [0.25, 0.3) is 0 Å². The monoisotopic (exact) mass is 329 g/mol. The summed E-state index contributed by atoms with van der Waals surface area (Å²) in [6.07, 6.45) is -0.712. The average Bonchev–Trinajstić information content (AvgIpc) is 2.45. The summed E-state index contributed by atoms with van der Waals surface area (Å²) in [7, 11) is 0. The summed E-state index contributed by atoms with van der Waals surface area (Å²) in [5, 5.41) is 3.22. The van der Waals surface area contributed by atoms with Crippen LogP contribution in [-0.2, 0) is 9.47 Å². The van der Waals surface area contributed by atoms with E-state index in [1.807, 2.05) is 41.5 Å². The molecule has 23 heavy (non-hydrogen) atoms. The van der Waals surface area contributed by atoms with Crippen molar-refractivity contribution in [3.8, 4) is 0 Å². The fraction of sp³-hybridized carbons (Fsp3) is 0.875. The largest absolute Gasteiger partial charge is 0.444 e. The van der Waals surface area contributed by atoms with Gasteiger partial charge in [0.2, 0.25) is 0 Å². The van der Waals surface area contributed by atoms with Crippen molar-refractivity contribution in [2.75, 3.05) is 39.3 Å². The topological polar surface area (TPSA) is 71.1 Å². The maximum atomic E-state index is 12.2. The first-order valence-electron chi connectivity index (χ1n) is 8.14. The molecule has 0 aromatic carbocycles. The minimum absolute atomic E-state index is 0.356. The number of rotatable bonds is 0. The highest BCUT2D eigenvalue weighted by molar-refractivity contribution is 5.69. The molecule has 1 rings (SSSR count). The third-order valence-corrected chi connectivity index (χ3v) is 3.06. The van der Waals surface area contributed by atoms with Gasteiger partial charge in [-0.1, -0.05) is 0 Å². The smallest absolute Gasteiger partial charge is 0.410 e. The lowest BCUT2D eigenvalue weighted by Gasteiger charge is -2.30. The van der Waals surface area contributed by atoms with Gasteiger partial charge in [0.1, 0.15) is 11.2 Å². The Kier molecular flexibility index (Phi) is 6.68. The van der Waals surface area contributed by atoms with Crippen molar-refractivity contribution in [1.82, 2.24) is 15.1 Å². The summed E-state index contributed by atoms with van der Waals surface area (Å²) in [4.78, 5) is 27.7. The maximum Gasteiger partial charge on any atom is 0.410 e. The highest BCUT2D eigenvalue weighted by Gasteiger charge is 2.26. The van der Waals surface area contributed by atoms with Gasteiger partial charge in [-0.25, -0.2) is 9.59 Å². The number of nitrogens with zero attached hydrogens (tertiary/aromatic N) is 2. The zero-order valence-corrected chi connectivity index (χ0v) is 15.3. The number of carbonyl (C=O) groups is 2. The second-order valence-corrected chi connectivity index (χ2v) is 7.68. The van der Waals surface area contributed by atoms with E-state index >= 15 is 0 Å². The molecule has 0 unspecified atom stereocenters. The van der Waals surface area contributed by atoms with Gasteiger partial charge < -0.3 is 24.6 Å². The highest BCUT2D eigenvalue weighted by Crippen LogP contribution is 2.12. The first kappa shape index (κ1) is 19.5. The fourth-order valence-corrected chi connectivity index (χ4v) is 2.04. The van der Waals surface area contributed by atoms with Crippen LogP contribution in [0, 0.1) is 0 Å². The van der Waals surface area contributed by atoms with Crippen LogP contribution in [-0.4, -0.2) is 72.5 Å². The van der Waals surface area contributed by atoms with Crippen molar-refractivity contribution in [2.24, 2.45) is 0 Å². The van der Waals surface area contributed by atoms with Gasteiger partial charge in [-0.15, -0.1) is 0 Å². The Balaban J connectivity index is 2.67. The summed E-state index contributed by atoms with van der Waals surface area (Å²) in [6.45, 7) is 14.3. The second-order valence-electron chi connectivity index (χ2n) is 7.68. The summed E-state index contributed by atoms with van der Waals surface area (Å²) in [5.41, 5.74) is -1.07.